The normalized spacial score (nSPS) is 12.8. The molecule has 0 aliphatic carbocycles. The van der Waals surface area contributed by atoms with Gasteiger partial charge in [0.15, 0.2) is 0 Å². The summed E-state index contributed by atoms with van der Waals surface area (Å²) in [7, 11) is 0. The summed E-state index contributed by atoms with van der Waals surface area (Å²) in [6.07, 6.45) is 0.0109. The zero-order valence-electron chi connectivity index (χ0n) is 11.7. The van der Waals surface area contributed by atoms with E-state index in [4.69, 9.17) is 15.6 Å². The third-order valence-corrected chi connectivity index (χ3v) is 3.20. The van der Waals surface area contributed by atoms with E-state index in [1.165, 1.54) is 0 Å². The third kappa shape index (κ3) is 3.17. The van der Waals surface area contributed by atoms with Crippen LogP contribution in [0.25, 0.3) is 0 Å². The van der Waals surface area contributed by atoms with Crippen LogP contribution in [0.4, 0.5) is 17.1 Å². The lowest BCUT2D eigenvalue weighted by atomic mass is 10.1. The number of nitrogen functional groups attached to an aromatic ring is 1. The van der Waals surface area contributed by atoms with Gasteiger partial charge in [0.25, 0.3) is 0 Å². The van der Waals surface area contributed by atoms with Gasteiger partial charge >= 0.3 is 5.97 Å². The number of aliphatic carboxylic acids is 1. The average molecular weight is 297 g/mol. The molecule has 0 atom stereocenters. The van der Waals surface area contributed by atoms with Crippen molar-refractivity contribution in [3.8, 4) is 5.75 Å². The molecule has 1 heterocycles. The second kappa shape index (κ2) is 5.77. The van der Waals surface area contributed by atoms with Crippen molar-refractivity contribution in [2.75, 3.05) is 17.7 Å². The van der Waals surface area contributed by atoms with E-state index in [1.54, 1.807) is 30.3 Å². The molecular weight excluding hydrogens is 282 g/mol. The second-order valence-corrected chi connectivity index (χ2v) is 4.97. The summed E-state index contributed by atoms with van der Waals surface area (Å²) in [5.41, 5.74) is 8.64. The molecule has 1 aliphatic heterocycles. The van der Waals surface area contributed by atoms with E-state index in [2.05, 4.69) is 10.3 Å². The Balaban J connectivity index is 1.75. The molecule has 0 unspecified atom stereocenters. The van der Waals surface area contributed by atoms with Crippen LogP contribution in [-0.4, -0.2) is 23.5 Å². The number of amidine groups is 1. The molecule has 0 spiro atoms. The van der Waals surface area contributed by atoms with Gasteiger partial charge in [-0.15, -0.1) is 0 Å². The van der Waals surface area contributed by atoms with Gasteiger partial charge < -0.3 is 20.9 Å². The molecule has 0 aromatic heterocycles. The number of hydrogen-bond donors (Lipinski definition) is 3. The number of nitrogens with two attached hydrogens (primary N) is 1. The number of anilines is 2. The van der Waals surface area contributed by atoms with Gasteiger partial charge in [0.05, 0.1) is 6.42 Å². The number of fused-ring (bicyclic) bond motifs is 1. The van der Waals surface area contributed by atoms with Crippen molar-refractivity contribution in [3.05, 3.63) is 48.0 Å². The molecule has 4 N–H and O–H groups in total. The molecule has 6 nitrogen and oxygen atoms in total. The molecule has 3 rings (SSSR count). The van der Waals surface area contributed by atoms with E-state index in [0.717, 1.165) is 11.3 Å². The molecule has 22 heavy (non-hydrogen) atoms. The number of nitrogens with zero attached hydrogens (tertiary/aromatic N) is 1. The predicted octanol–water partition coefficient (Wildman–Crippen LogP) is 2.43. The Kier molecular flexibility index (Phi) is 3.65. The first-order valence-corrected chi connectivity index (χ1v) is 6.78. The van der Waals surface area contributed by atoms with Crippen LogP contribution < -0.4 is 15.8 Å². The number of carboxylic acid groups (broad SMARTS) is 1. The van der Waals surface area contributed by atoms with Crippen LogP contribution in [0.15, 0.2) is 47.5 Å². The minimum absolute atomic E-state index is 0.0109. The van der Waals surface area contributed by atoms with E-state index in [0.29, 0.717) is 29.6 Å². The Morgan fingerprint density at radius 3 is 2.77 bits per heavy atom. The van der Waals surface area contributed by atoms with Crippen LogP contribution in [0.5, 0.6) is 5.75 Å². The SMILES string of the molecule is Nc1ccc2c(c1)N=C(Nc1ccc(CC(=O)O)cc1)CO2. The first-order valence-electron chi connectivity index (χ1n) is 6.78. The van der Waals surface area contributed by atoms with E-state index < -0.39 is 5.97 Å². The standard InChI is InChI=1S/C16H15N3O3/c17-11-3-6-14-13(8-11)19-15(9-22-14)18-12-4-1-10(2-5-12)7-16(20)21/h1-6,8H,7,9,17H2,(H,18,19)(H,20,21). The number of carboxylic acids is 1. The largest absolute Gasteiger partial charge is 0.483 e. The summed E-state index contributed by atoms with van der Waals surface area (Å²) in [6.45, 7) is 0.341. The zero-order chi connectivity index (χ0) is 15.5. The highest BCUT2D eigenvalue weighted by Gasteiger charge is 2.13. The molecule has 0 saturated carbocycles. The molecule has 2 aromatic rings. The summed E-state index contributed by atoms with van der Waals surface area (Å²) in [5.74, 6) is 0.528. The van der Waals surface area contributed by atoms with E-state index in [9.17, 15) is 4.79 Å². The fourth-order valence-electron chi connectivity index (χ4n) is 2.18. The van der Waals surface area contributed by atoms with Gasteiger partial charge in [-0.05, 0) is 35.9 Å². The number of rotatable bonds is 3. The lowest BCUT2D eigenvalue weighted by Crippen LogP contribution is -2.23. The molecule has 6 heteroatoms. The lowest BCUT2D eigenvalue weighted by molar-refractivity contribution is -0.136. The van der Waals surface area contributed by atoms with E-state index >= 15 is 0 Å². The van der Waals surface area contributed by atoms with E-state index in [1.807, 2.05) is 12.1 Å². The average Bonchev–Trinajstić information content (AvgIpc) is 2.48. The highest BCUT2D eigenvalue weighted by Crippen LogP contribution is 2.32. The van der Waals surface area contributed by atoms with Gasteiger partial charge in [-0.25, -0.2) is 4.99 Å². The van der Waals surface area contributed by atoms with Crippen molar-refractivity contribution in [2.45, 2.75) is 6.42 Å². The molecule has 2 aromatic carbocycles. The van der Waals surface area contributed by atoms with Crippen LogP contribution >= 0.6 is 0 Å². The Labute approximate surface area is 127 Å². The van der Waals surface area contributed by atoms with Crippen LogP contribution in [-0.2, 0) is 11.2 Å². The molecule has 0 radical (unpaired) electrons. The van der Waals surface area contributed by atoms with Gasteiger partial charge in [0.1, 0.15) is 23.9 Å². The van der Waals surface area contributed by atoms with Crippen LogP contribution in [0.1, 0.15) is 5.56 Å². The summed E-state index contributed by atoms with van der Waals surface area (Å²) >= 11 is 0. The second-order valence-electron chi connectivity index (χ2n) is 4.97. The van der Waals surface area contributed by atoms with Crippen LogP contribution in [0.3, 0.4) is 0 Å². The molecule has 1 aliphatic rings. The fraction of sp³-hybridized carbons (Fsp3) is 0.125. The minimum Gasteiger partial charge on any atom is -0.483 e. The minimum atomic E-state index is -0.847. The van der Waals surface area contributed by atoms with Crippen LogP contribution in [0, 0.1) is 0 Å². The molecule has 112 valence electrons. The van der Waals surface area contributed by atoms with E-state index in [-0.39, 0.29) is 6.42 Å². The first-order chi connectivity index (χ1) is 10.6. The maximum atomic E-state index is 10.7. The smallest absolute Gasteiger partial charge is 0.307 e. The fourth-order valence-corrected chi connectivity index (χ4v) is 2.18. The van der Waals surface area contributed by atoms with Crippen molar-refractivity contribution in [1.29, 1.82) is 0 Å². The number of aliphatic imine (C=N–C) groups is 1. The van der Waals surface area contributed by atoms with Crippen LogP contribution in [0.2, 0.25) is 0 Å². The van der Waals surface area contributed by atoms with Gasteiger partial charge in [0.2, 0.25) is 0 Å². The van der Waals surface area contributed by atoms with Crippen molar-refractivity contribution in [1.82, 2.24) is 0 Å². The Morgan fingerprint density at radius 2 is 2.05 bits per heavy atom. The van der Waals surface area contributed by atoms with Gasteiger partial charge in [0, 0.05) is 11.4 Å². The number of hydrogen-bond acceptors (Lipinski definition) is 5. The maximum absolute atomic E-state index is 10.7. The lowest BCUT2D eigenvalue weighted by Gasteiger charge is -2.18. The summed E-state index contributed by atoms with van der Waals surface area (Å²) < 4.78 is 5.61. The van der Waals surface area contributed by atoms with Crippen molar-refractivity contribution >= 4 is 28.9 Å². The topological polar surface area (TPSA) is 96.9 Å². The molecular formula is C16H15N3O3. The highest BCUT2D eigenvalue weighted by atomic mass is 16.5. The van der Waals surface area contributed by atoms with Crippen molar-refractivity contribution in [3.63, 3.8) is 0 Å². The Hall–Kier alpha value is -3.02. The zero-order valence-corrected chi connectivity index (χ0v) is 11.7. The summed E-state index contributed by atoms with van der Waals surface area (Å²) in [4.78, 5) is 15.1. The van der Waals surface area contributed by atoms with Gasteiger partial charge in [-0.2, -0.15) is 0 Å². The molecule has 0 fully saturated rings. The predicted molar refractivity (Wildman–Crippen MR) is 84.8 cm³/mol. The Bertz CT molecular complexity index is 739. The quantitative estimate of drug-likeness (QED) is 0.756. The van der Waals surface area contributed by atoms with Gasteiger partial charge in [-0.1, -0.05) is 12.1 Å². The van der Waals surface area contributed by atoms with Crippen molar-refractivity contribution < 1.29 is 14.6 Å². The maximum Gasteiger partial charge on any atom is 0.307 e. The molecule has 0 saturated heterocycles. The first kappa shape index (κ1) is 13.9. The number of nitrogens with one attached hydrogen (secondary N) is 1. The number of ether oxygens (including phenoxy) is 1. The number of benzene rings is 2. The summed E-state index contributed by atoms with van der Waals surface area (Å²) in [5, 5.41) is 11.9. The molecule has 0 amide bonds. The van der Waals surface area contributed by atoms with Gasteiger partial charge in [-0.3, -0.25) is 4.79 Å². The molecule has 0 bridgehead atoms. The number of carbonyl (C=O) groups is 1. The summed E-state index contributed by atoms with van der Waals surface area (Å²) in [6, 6.07) is 12.5. The van der Waals surface area contributed by atoms with Crippen molar-refractivity contribution in [2.24, 2.45) is 4.99 Å². The third-order valence-electron chi connectivity index (χ3n) is 3.20. The highest BCUT2D eigenvalue weighted by molar-refractivity contribution is 5.99. The Morgan fingerprint density at radius 1 is 1.27 bits per heavy atom. The monoisotopic (exact) mass is 297 g/mol.